The van der Waals surface area contributed by atoms with E-state index in [2.05, 4.69) is 23.8 Å². The van der Waals surface area contributed by atoms with E-state index in [0.29, 0.717) is 36.8 Å². The Balaban J connectivity index is 1.46. The Hall–Kier alpha value is -3.45. The maximum Gasteiger partial charge on any atom is 0.255 e. The molecule has 2 aromatic carbocycles. The van der Waals surface area contributed by atoms with Gasteiger partial charge in [0.15, 0.2) is 5.65 Å². The highest BCUT2D eigenvalue weighted by Gasteiger charge is 2.27. The summed E-state index contributed by atoms with van der Waals surface area (Å²) in [5.74, 6) is 1.93. The normalized spacial score (nSPS) is 14.9. The smallest absolute Gasteiger partial charge is 0.255 e. The molecule has 0 radical (unpaired) electrons. The number of aromatic nitrogens is 4. The molecule has 0 unspecified atom stereocenters. The quantitative estimate of drug-likeness (QED) is 0.366. The van der Waals surface area contributed by atoms with E-state index >= 15 is 0 Å². The molecule has 0 saturated carbocycles. The van der Waals surface area contributed by atoms with Crippen LogP contribution in [0, 0.1) is 0 Å². The molecule has 1 aliphatic rings. The van der Waals surface area contributed by atoms with Crippen molar-refractivity contribution in [2.75, 3.05) is 31.1 Å². The zero-order valence-corrected chi connectivity index (χ0v) is 20.8. The number of fused-ring (bicyclic) bond motifs is 1. The van der Waals surface area contributed by atoms with Gasteiger partial charge in [0.25, 0.3) is 5.91 Å². The van der Waals surface area contributed by atoms with Gasteiger partial charge in [-0.1, -0.05) is 62.2 Å². The number of hydrogen-bond donors (Lipinski definition) is 0. The van der Waals surface area contributed by atoms with Crippen LogP contribution in [-0.4, -0.2) is 56.7 Å². The lowest BCUT2D eigenvalue weighted by molar-refractivity contribution is 0.0747. The van der Waals surface area contributed by atoms with Gasteiger partial charge in [0.1, 0.15) is 11.6 Å². The molecule has 35 heavy (non-hydrogen) atoms. The summed E-state index contributed by atoms with van der Waals surface area (Å²) in [5, 5.41) is 6.08. The summed E-state index contributed by atoms with van der Waals surface area (Å²) in [6.45, 7) is 6.92. The third-order valence-electron chi connectivity index (χ3n) is 6.56. The van der Waals surface area contributed by atoms with Crippen LogP contribution in [0.2, 0.25) is 5.02 Å². The topological polar surface area (TPSA) is 67.2 Å². The van der Waals surface area contributed by atoms with Gasteiger partial charge in [0.05, 0.1) is 27.9 Å². The number of anilines is 1. The SMILES string of the molecule is CCC[C@H](C)c1nc(N2CCN(C(=O)c3ccccc3Cl)CC2)c2cnn(-c3ccccc3)c2n1. The minimum absolute atomic E-state index is 0.0303. The minimum atomic E-state index is -0.0303. The van der Waals surface area contributed by atoms with Gasteiger partial charge in [-0.15, -0.1) is 0 Å². The lowest BCUT2D eigenvalue weighted by atomic mass is 10.1. The number of para-hydroxylation sites is 1. The molecule has 1 amide bonds. The zero-order valence-electron chi connectivity index (χ0n) is 20.1. The van der Waals surface area contributed by atoms with Gasteiger partial charge in [0.2, 0.25) is 0 Å². The van der Waals surface area contributed by atoms with Gasteiger partial charge >= 0.3 is 0 Å². The molecule has 8 heteroatoms. The van der Waals surface area contributed by atoms with Crippen LogP contribution in [0.5, 0.6) is 0 Å². The summed E-state index contributed by atoms with van der Waals surface area (Å²) >= 11 is 6.27. The second kappa shape index (κ2) is 10.0. The van der Waals surface area contributed by atoms with E-state index in [1.54, 1.807) is 12.1 Å². The molecule has 1 aliphatic heterocycles. The van der Waals surface area contributed by atoms with Gasteiger partial charge < -0.3 is 9.80 Å². The predicted octanol–water partition coefficient (Wildman–Crippen LogP) is 5.33. The van der Waals surface area contributed by atoms with Crippen LogP contribution in [0.1, 0.15) is 48.8 Å². The third-order valence-corrected chi connectivity index (χ3v) is 6.89. The fourth-order valence-electron chi connectivity index (χ4n) is 4.62. The zero-order chi connectivity index (χ0) is 24.4. The average Bonchev–Trinajstić information content (AvgIpc) is 3.33. The largest absolute Gasteiger partial charge is 0.352 e. The maximum absolute atomic E-state index is 13.0. The number of amides is 1. The molecule has 5 rings (SSSR count). The van der Waals surface area contributed by atoms with Crippen LogP contribution in [0.25, 0.3) is 16.7 Å². The summed E-state index contributed by atoms with van der Waals surface area (Å²) in [6, 6.07) is 17.3. The molecule has 4 aromatic rings. The van der Waals surface area contributed by atoms with Crippen LogP contribution in [0.4, 0.5) is 5.82 Å². The van der Waals surface area contributed by atoms with Gasteiger partial charge in [0, 0.05) is 32.1 Å². The van der Waals surface area contributed by atoms with E-state index in [9.17, 15) is 4.79 Å². The first-order chi connectivity index (χ1) is 17.1. The Morgan fingerprint density at radius 2 is 1.71 bits per heavy atom. The summed E-state index contributed by atoms with van der Waals surface area (Å²) in [5.41, 5.74) is 2.33. The lowest BCUT2D eigenvalue weighted by Gasteiger charge is -2.36. The number of benzene rings is 2. The Labute approximate surface area is 210 Å². The van der Waals surface area contributed by atoms with Gasteiger partial charge in [-0.25, -0.2) is 14.6 Å². The highest BCUT2D eigenvalue weighted by molar-refractivity contribution is 6.33. The summed E-state index contributed by atoms with van der Waals surface area (Å²) in [4.78, 5) is 27.1. The van der Waals surface area contributed by atoms with Crippen molar-refractivity contribution in [1.82, 2.24) is 24.6 Å². The highest BCUT2D eigenvalue weighted by atomic mass is 35.5. The average molecular weight is 489 g/mol. The molecule has 2 aromatic heterocycles. The second-order valence-electron chi connectivity index (χ2n) is 8.98. The Morgan fingerprint density at radius 3 is 2.43 bits per heavy atom. The third kappa shape index (κ3) is 4.60. The van der Waals surface area contributed by atoms with Crippen LogP contribution in [0.3, 0.4) is 0 Å². The molecule has 0 bridgehead atoms. The lowest BCUT2D eigenvalue weighted by Crippen LogP contribution is -2.49. The molecule has 1 atom stereocenters. The van der Waals surface area contributed by atoms with Crippen molar-refractivity contribution in [1.29, 1.82) is 0 Å². The first-order valence-corrected chi connectivity index (χ1v) is 12.5. The number of halogens is 1. The molecule has 0 aliphatic carbocycles. The van der Waals surface area contributed by atoms with Gasteiger partial charge in [-0.3, -0.25) is 4.79 Å². The van der Waals surface area contributed by atoms with Crippen LogP contribution in [0.15, 0.2) is 60.8 Å². The number of nitrogens with zero attached hydrogens (tertiary/aromatic N) is 6. The number of rotatable bonds is 6. The van der Waals surface area contributed by atoms with Crippen molar-refractivity contribution >= 4 is 34.4 Å². The van der Waals surface area contributed by atoms with E-state index in [0.717, 1.165) is 41.2 Å². The van der Waals surface area contributed by atoms with E-state index in [-0.39, 0.29) is 11.8 Å². The van der Waals surface area contributed by atoms with E-state index < -0.39 is 0 Å². The van der Waals surface area contributed by atoms with Gasteiger partial charge in [-0.05, 0) is 30.7 Å². The standard InChI is InChI=1S/C27H29ClN6O/c1-3-9-19(2)24-30-25(22-18-29-34(26(22)31-24)20-10-5-4-6-11-20)32-14-16-33(17-15-32)27(35)21-12-7-8-13-23(21)28/h4-8,10-13,18-19H,3,9,14-17H2,1-2H3/t19-/m0/s1. The van der Waals surface area contributed by atoms with Crippen LogP contribution in [-0.2, 0) is 0 Å². The molecule has 180 valence electrons. The fourth-order valence-corrected chi connectivity index (χ4v) is 4.83. The second-order valence-corrected chi connectivity index (χ2v) is 9.39. The molecular weight excluding hydrogens is 460 g/mol. The molecule has 3 heterocycles. The molecule has 1 saturated heterocycles. The molecule has 1 fully saturated rings. The van der Waals surface area contributed by atoms with Crippen molar-refractivity contribution in [3.05, 3.63) is 77.2 Å². The van der Waals surface area contributed by atoms with Crippen molar-refractivity contribution in [2.45, 2.75) is 32.6 Å². The first-order valence-electron chi connectivity index (χ1n) is 12.2. The van der Waals surface area contributed by atoms with E-state index in [4.69, 9.17) is 21.6 Å². The Morgan fingerprint density at radius 1 is 1.00 bits per heavy atom. The Bertz CT molecular complexity index is 1330. The monoisotopic (exact) mass is 488 g/mol. The highest BCUT2D eigenvalue weighted by Crippen LogP contribution is 2.30. The molecule has 0 N–H and O–H groups in total. The molecule has 0 spiro atoms. The first kappa shape index (κ1) is 23.3. The number of carbonyl (C=O) groups excluding carboxylic acids is 1. The van der Waals surface area contributed by atoms with E-state index in [1.165, 1.54) is 0 Å². The van der Waals surface area contributed by atoms with Crippen LogP contribution >= 0.6 is 11.6 Å². The predicted molar refractivity (Wildman–Crippen MR) is 140 cm³/mol. The summed E-state index contributed by atoms with van der Waals surface area (Å²) in [7, 11) is 0. The van der Waals surface area contributed by atoms with Gasteiger partial charge in [-0.2, -0.15) is 5.10 Å². The van der Waals surface area contributed by atoms with Crippen molar-refractivity contribution in [2.24, 2.45) is 0 Å². The van der Waals surface area contributed by atoms with E-state index in [1.807, 2.05) is 58.2 Å². The number of piperazine rings is 1. The Kier molecular flexibility index (Phi) is 6.68. The van der Waals surface area contributed by atoms with Crippen molar-refractivity contribution in [3.63, 3.8) is 0 Å². The number of carbonyl (C=O) groups is 1. The minimum Gasteiger partial charge on any atom is -0.352 e. The fraction of sp³-hybridized carbons (Fsp3) is 0.333. The van der Waals surface area contributed by atoms with Crippen molar-refractivity contribution < 1.29 is 4.79 Å². The van der Waals surface area contributed by atoms with Crippen molar-refractivity contribution in [3.8, 4) is 5.69 Å². The summed E-state index contributed by atoms with van der Waals surface area (Å²) < 4.78 is 1.89. The molecule has 7 nitrogen and oxygen atoms in total. The molecular formula is C27H29ClN6O. The maximum atomic E-state index is 13.0. The van der Waals surface area contributed by atoms with Crippen LogP contribution < -0.4 is 4.90 Å². The summed E-state index contributed by atoms with van der Waals surface area (Å²) in [6.07, 6.45) is 3.94. The number of hydrogen-bond acceptors (Lipinski definition) is 5.